The fraction of sp³-hybridized carbons (Fsp3) is 0.176. The summed E-state index contributed by atoms with van der Waals surface area (Å²) in [5.41, 5.74) is 3.32. The van der Waals surface area contributed by atoms with Crippen LogP contribution in [0.3, 0.4) is 0 Å². The molecule has 0 spiro atoms. The Balaban J connectivity index is 1.53. The molecule has 1 aromatic carbocycles. The summed E-state index contributed by atoms with van der Waals surface area (Å²) in [5.74, 6) is -0.0727. The van der Waals surface area contributed by atoms with Crippen LogP contribution in [0, 0.1) is 6.92 Å². The molecule has 0 saturated carbocycles. The molecule has 3 aromatic rings. The van der Waals surface area contributed by atoms with E-state index in [-0.39, 0.29) is 5.91 Å². The van der Waals surface area contributed by atoms with Crippen molar-refractivity contribution in [3.63, 3.8) is 0 Å². The van der Waals surface area contributed by atoms with E-state index in [1.807, 2.05) is 6.92 Å². The average molecular weight is 363 g/mol. The quantitative estimate of drug-likeness (QED) is 0.707. The van der Waals surface area contributed by atoms with Crippen LogP contribution in [-0.2, 0) is 6.42 Å². The summed E-state index contributed by atoms with van der Waals surface area (Å²) >= 11 is 8.78. The molecule has 2 heterocycles. The maximum atomic E-state index is 11.9. The number of aryl methyl sites for hydroxylation is 1. The third kappa shape index (κ3) is 4.19. The number of benzene rings is 1. The number of thiazole rings is 1. The first-order valence-corrected chi connectivity index (χ1v) is 9.24. The largest absolute Gasteiger partial charge is 0.351 e. The lowest BCUT2D eigenvalue weighted by atomic mass is 10.1. The number of carbonyl (C=O) groups excluding carboxylic acids is 1. The molecule has 1 N–H and O–H groups in total. The number of hydrogen-bond acceptors (Lipinski definition) is 4. The van der Waals surface area contributed by atoms with E-state index < -0.39 is 0 Å². The standard InChI is InChI=1S/C17H15ClN2OS2/c1-11-20-14(10-22-11)13-4-2-12(3-5-13)8-9-19-17(21)15-6-7-16(18)23-15/h2-7,10H,8-9H2,1H3,(H,19,21). The average Bonchev–Trinajstić information content (AvgIpc) is 3.16. The highest BCUT2D eigenvalue weighted by Gasteiger charge is 2.08. The molecule has 0 atom stereocenters. The number of rotatable bonds is 5. The number of nitrogens with zero attached hydrogens (tertiary/aromatic N) is 1. The second-order valence-corrected chi connectivity index (χ2v) is 7.84. The van der Waals surface area contributed by atoms with Crippen molar-refractivity contribution < 1.29 is 4.79 Å². The minimum Gasteiger partial charge on any atom is -0.351 e. The van der Waals surface area contributed by atoms with Crippen LogP contribution in [0.4, 0.5) is 0 Å². The van der Waals surface area contributed by atoms with Gasteiger partial charge in [-0.1, -0.05) is 35.9 Å². The maximum Gasteiger partial charge on any atom is 0.261 e. The van der Waals surface area contributed by atoms with Gasteiger partial charge in [0.15, 0.2) is 0 Å². The third-order valence-electron chi connectivity index (χ3n) is 3.36. The monoisotopic (exact) mass is 362 g/mol. The third-order valence-corrected chi connectivity index (χ3v) is 5.37. The first-order chi connectivity index (χ1) is 11.1. The van der Waals surface area contributed by atoms with E-state index in [1.165, 1.54) is 16.9 Å². The van der Waals surface area contributed by atoms with Crippen LogP contribution in [0.15, 0.2) is 41.8 Å². The molecule has 0 bridgehead atoms. The number of nitrogens with one attached hydrogen (secondary N) is 1. The molecule has 3 nitrogen and oxygen atoms in total. The van der Waals surface area contributed by atoms with Crippen molar-refractivity contribution in [3.8, 4) is 11.3 Å². The highest BCUT2D eigenvalue weighted by Crippen LogP contribution is 2.22. The van der Waals surface area contributed by atoms with Crippen molar-refractivity contribution in [2.24, 2.45) is 0 Å². The molecule has 0 saturated heterocycles. The van der Waals surface area contributed by atoms with E-state index in [1.54, 1.807) is 23.5 Å². The van der Waals surface area contributed by atoms with E-state index in [2.05, 4.69) is 39.9 Å². The molecular formula is C17H15ClN2OS2. The molecule has 0 aliphatic heterocycles. The number of halogens is 1. The number of carbonyl (C=O) groups is 1. The lowest BCUT2D eigenvalue weighted by molar-refractivity contribution is 0.0958. The molecule has 23 heavy (non-hydrogen) atoms. The summed E-state index contributed by atoms with van der Waals surface area (Å²) in [6, 6.07) is 11.8. The summed E-state index contributed by atoms with van der Waals surface area (Å²) in [5, 5.41) is 6.05. The summed E-state index contributed by atoms with van der Waals surface area (Å²) in [6.45, 7) is 2.61. The molecule has 0 unspecified atom stereocenters. The molecule has 2 aromatic heterocycles. The maximum absolute atomic E-state index is 11.9. The van der Waals surface area contributed by atoms with Gasteiger partial charge < -0.3 is 5.32 Å². The van der Waals surface area contributed by atoms with Gasteiger partial charge in [0.05, 0.1) is 19.9 Å². The van der Waals surface area contributed by atoms with Crippen LogP contribution in [0.5, 0.6) is 0 Å². The Hall–Kier alpha value is -1.69. The summed E-state index contributed by atoms with van der Waals surface area (Å²) < 4.78 is 0.628. The molecule has 6 heteroatoms. The van der Waals surface area contributed by atoms with Gasteiger partial charge in [-0.3, -0.25) is 4.79 Å². The highest BCUT2D eigenvalue weighted by atomic mass is 35.5. The second kappa shape index (κ2) is 7.25. The fourth-order valence-corrected chi connectivity index (χ4v) is 3.76. The van der Waals surface area contributed by atoms with Gasteiger partial charge in [0, 0.05) is 17.5 Å². The van der Waals surface area contributed by atoms with Crippen LogP contribution < -0.4 is 5.32 Å². The van der Waals surface area contributed by atoms with Gasteiger partial charge in [-0.2, -0.15) is 0 Å². The fourth-order valence-electron chi connectivity index (χ4n) is 2.18. The van der Waals surface area contributed by atoms with E-state index in [4.69, 9.17) is 11.6 Å². The summed E-state index contributed by atoms with van der Waals surface area (Å²) in [6.07, 6.45) is 0.793. The zero-order chi connectivity index (χ0) is 16.2. The number of thiophene rings is 1. The Labute approximate surface area is 148 Å². The van der Waals surface area contributed by atoms with Crippen molar-refractivity contribution in [1.82, 2.24) is 10.3 Å². The Bertz CT molecular complexity index is 808. The number of aromatic nitrogens is 1. The van der Waals surface area contributed by atoms with E-state index in [0.29, 0.717) is 15.8 Å². The lowest BCUT2D eigenvalue weighted by Crippen LogP contribution is -2.24. The Kier molecular flexibility index (Phi) is 5.10. The number of hydrogen-bond donors (Lipinski definition) is 1. The molecule has 118 valence electrons. The van der Waals surface area contributed by atoms with E-state index in [9.17, 15) is 4.79 Å². The van der Waals surface area contributed by atoms with Crippen molar-refractivity contribution in [1.29, 1.82) is 0 Å². The molecule has 0 aliphatic carbocycles. The van der Waals surface area contributed by atoms with E-state index in [0.717, 1.165) is 22.7 Å². The second-order valence-electron chi connectivity index (χ2n) is 5.06. The van der Waals surface area contributed by atoms with Gasteiger partial charge in [-0.25, -0.2) is 4.98 Å². The smallest absolute Gasteiger partial charge is 0.261 e. The molecule has 1 amide bonds. The number of amides is 1. The predicted molar refractivity (Wildman–Crippen MR) is 97.7 cm³/mol. The van der Waals surface area contributed by atoms with Gasteiger partial charge in [0.1, 0.15) is 0 Å². The van der Waals surface area contributed by atoms with Gasteiger partial charge in [0.25, 0.3) is 5.91 Å². The molecular weight excluding hydrogens is 348 g/mol. The lowest BCUT2D eigenvalue weighted by Gasteiger charge is -2.05. The molecule has 0 fully saturated rings. The SMILES string of the molecule is Cc1nc(-c2ccc(CCNC(=O)c3ccc(Cl)s3)cc2)cs1. The van der Waals surface area contributed by atoms with Gasteiger partial charge in [-0.15, -0.1) is 22.7 Å². The van der Waals surface area contributed by atoms with Crippen LogP contribution in [0.2, 0.25) is 4.34 Å². The summed E-state index contributed by atoms with van der Waals surface area (Å²) in [7, 11) is 0. The van der Waals surface area contributed by atoms with Crippen molar-refractivity contribution in [3.05, 3.63) is 61.6 Å². The van der Waals surface area contributed by atoms with Crippen molar-refractivity contribution in [2.75, 3.05) is 6.54 Å². The highest BCUT2D eigenvalue weighted by molar-refractivity contribution is 7.18. The first-order valence-electron chi connectivity index (χ1n) is 7.17. The van der Waals surface area contributed by atoms with Crippen LogP contribution in [-0.4, -0.2) is 17.4 Å². The summed E-state index contributed by atoms with van der Waals surface area (Å²) in [4.78, 5) is 17.0. The Morgan fingerprint density at radius 3 is 2.61 bits per heavy atom. The molecule has 3 rings (SSSR count). The predicted octanol–water partition coefficient (Wildman–Crippen LogP) is 4.81. The van der Waals surface area contributed by atoms with Crippen LogP contribution in [0.25, 0.3) is 11.3 Å². The van der Waals surface area contributed by atoms with Crippen LogP contribution >= 0.6 is 34.3 Å². The zero-order valence-corrected chi connectivity index (χ0v) is 14.9. The minimum atomic E-state index is -0.0727. The van der Waals surface area contributed by atoms with Crippen LogP contribution in [0.1, 0.15) is 20.2 Å². The van der Waals surface area contributed by atoms with Gasteiger partial charge >= 0.3 is 0 Å². The van der Waals surface area contributed by atoms with Crippen molar-refractivity contribution in [2.45, 2.75) is 13.3 Å². The normalized spacial score (nSPS) is 10.7. The van der Waals surface area contributed by atoms with Gasteiger partial charge in [-0.05, 0) is 31.0 Å². The van der Waals surface area contributed by atoms with Gasteiger partial charge in [0.2, 0.25) is 0 Å². The Morgan fingerprint density at radius 1 is 1.22 bits per heavy atom. The topological polar surface area (TPSA) is 42.0 Å². The minimum absolute atomic E-state index is 0.0727. The zero-order valence-electron chi connectivity index (χ0n) is 12.5. The molecule has 0 aliphatic rings. The first kappa shape index (κ1) is 16.2. The van der Waals surface area contributed by atoms with Crippen molar-refractivity contribution >= 4 is 40.2 Å². The Morgan fingerprint density at radius 2 is 2.00 bits per heavy atom. The molecule has 0 radical (unpaired) electrons. The van der Waals surface area contributed by atoms with E-state index >= 15 is 0 Å².